The number of aryl methyl sites for hydroxylation is 1. The minimum atomic E-state index is -0.206. The molecule has 6 nitrogen and oxygen atoms in total. The van der Waals surface area contributed by atoms with Crippen LogP contribution in [-0.2, 0) is 6.42 Å². The molecule has 0 aliphatic heterocycles. The lowest BCUT2D eigenvalue weighted by atomic mass is 10.1. The van der Waals surface area contributed by atoms with Gasteiger partial charge in [0.1, 0.15) is 17.1 Å². The van der Waals surface area contributed by atoms with Gasteiger partial charge in [0.05, 0.1) is 19.9 Å². The maximum atomic E-state index is 12.7. The summed E-state index contributed by atoms with van der Waals surface area (Å²) in [6.45, 7) is 2.26. The van der Waals surface area contributed by atoms with E-state index in [1.807, 2.05) is 48.5 Å². The third-order valence-corrected chi connectivity index (χ3v) is 4.28. The second-order valence-electron chi connectivity index (χ2n) is 6.06. The minimum Gasteiger partial charge on any atom is -0.497 e. The topological polar surface area (TPSA) is 73.6 Å². The minimum absolute atomic E-state index is 0.206. The van der Waals surface area contributed by atoms with Crippen molar-refractivity contribution in [2.45, 2.75) is 13.3 Å². The van der Waals surface area contributed by atoms with E-state index in [2.05, 4.69) is 10.5 Å². The first kappa shape index (κ1) is 18.5. The number of amides is 1. The molecule has 3 rings (SSSR count). The lowest BCUT2D eigenvalue weighted by molar-refractivity contribution is 0.0954. The largest absolute Gasteiger partial charge is 0.497 e. The van der Waals surface area contributed by atoms with Gasteiger partial charge in [-0.1, -0.05) is 17.3 Å². The van der Waals surface area contributed by atoms with Gasteiger partial charge in [0.15, 0.2) is 5.76 Å². The van der Waals surface area contributed by atoms with Gasteiger partial charge in [0, 0.05) is 12.1 Å². The molecule has 0 spiro atoms. The standard InChI is InChI=1S/C21H22N2O4/c1-14-19(20(27-23-14)16-7-9-17(25-2)10-8-16)21(24)22-12-11-15-5-4-6-18(13-15)26-3/h4-10,13H,11-12H2,1-3H3,(H,22,24). The number of hydrogen-bond acceptors (Lipinski definition) is 5. The summed E-state index contributed by atoms with van der Waals surface area (Å²) in [5.41, 5.74) is 2.87. The first-order valence-electron chi connectivity index (χ1n) is 8.64. The number of methoxy groups -OCH3 is 2. The lowest BCUT2D eigenvalue weighted by Gasteiger charge is -2.07. The number of nitrogens with zero attached hydrogens (tertiary/aromatic N) is 1. The molecule has 1 N–H and O–H groups in total. The second kappa shape index (κ2) is 8.40. The average Bonchev–Trinajstić information content (AvgIpc) is 3.09. The molecule has 0 aliphatic rings. The van der Waals surface area contributed by atoms with Gasteiger partial charge < -0.3 is 19.3 Å². The Morgan fingerprint density at radius 3 is 2.52 bits per heavy atom. The zero-order chi connectivity index (χ0) is 19.2. The van der Waals surface area contributed by atoms with Crippen LogP contribution in [0.2, 0.25) is 0 Å². The first-order valence-corrected chi connectivity index (χ1v) is 8.64. The Kier molecular flexibility index (Phi) is 5.76. The second-order valence-corrected chi connectivity index (χ2v) is 6.06. The van der Waals surface area contributed by atoms with E-state index in [1.54, 1.807) is 21.1 Å². The van der Waals surface area contributed by atoms with Crippen LogP contribution in [0.3, 0.4) is 0 Å². The predicted octanol–water partition coefficient (Wildman–Crippen LogP) is 3.64. The Balaban J connectivity index is 1.70. The number of carbonyl (C=O) groups is 1. The number of nitrogens with one attached hydrogen (secondary N) is 1. The van der Waals surface area contributed by atoms with Gasteiger partial charge in [0.2, 0.25) is 0 Å². The van der Waals surface area contributed by atoms with Crippen LogP contribution in [0.4, 0.5) is 0 Å². The highest BCUT2D eigenvalue weighted by Crippen LogP contribution is 2.27. The van der Waals surface area contributed by atoms with Crippen molar-refractivity contribution in [3.63, 3.8) is 0 Å². The Bertz CT molecular complexity index is 916. The van der Waals surface area contributed by atoms with E-state index in [0.717, 1.165) is 22.6 Å². The van der Waals surface area contributed by atoms with Crippen molar-refractivity contribution in [1.29, 1.82) is 0 Å². The predicted molar refractivity (Wildman–Crippen MR) is 102 cm³/mol. The monoisotopic (exact) mass is 366 g/mol. The molecule has 0 fully saturated rings. The molecule has 0 unspecified atom stereocenters. The van der Waals surface area contributed by atoms with Crippen LogP contribution in [0.1, 0.15) is 21.6 Å². The number of rotatable bonds is 7. The van der Waals surface area contributed by atoms with E-state index in [4.69, 9.17) is 14.0 Å². The molecule has 2 aromatic carbocycles. The van der Waals surface area contributed by atoms with Gasteiger partial charge >= 0.3 is 0 Å². The summed E-state index contributed by atoms with van der Waals surface area (Å²) < 4.78 is 15.8. The van der Waals surface area contributed by atoms with E-state index >= 15 is 0 Å². The normalized spacial score (nSPS) is 10.5. The van der Waals surface area contributed by atoms with Crippen LogP contribution in [0.25, 0.3) is 11.3 Å². The first-order chi connectivity index (χ1) is 13.1. The van der Waals surface area contributed by atoms with Crippen molar-refractivity contribution in [2.24, 2.45) is 0 Å². The number of benzene rings is 2. The molecule has 0 saturated carbocycles. The average molecular weight is 366 g/mol. The molecule has 0 aliphatic carbocycles. The van der Waals surface area contributed by atoms with E-state index < -0.39 is 0 Å². The summed E-state index contributed by atoms with van der Waals surface area (Å²) in [6, 6.07) is 15.1. The summed E-state index contributed by atoms with van der Waals surface area (Å²) in [4.78, 5) is 12.7. The number of ether oxygens (including phenoxy) is 2. The van der Waals surface area contributed by atoms with Gasteiger partial charge in [-0.15, -0.1) is 0 Å². The van der Waals surface area contributed by atoms with Gasteiger partial charge in [-0.2, -0.15) is 0 Å². The summed E-state index contributed by atoms with van der Waals surface area (Å²) in [6.07, 6.45) is 0.700. The van der Waals surface area contributed by atoms with E-state index in [-0.39, 0.29) is 5.91 Å². The molecule has 3 aromatic rings. The zero-order valence-corrected chi connectivity index (χ0v) is 15.6. The Morgan fingerprint density at radius 1 is 1.07 bits per heavy atom. The SMILES string of the molecule is COc1ccc(-c2onc(C)c2C(=O)NCCc2cccc(OC)c2)cc1. The van der Waals surface area contributed by atoms with Gasteiger partial charge in [-0.3, -0.25) is 4.79 Å². The Hall–Kier alpha value is -3.28. The van der Waals surface area contributed by atoms with E-state index in [1.165, 1.54) is 0 Å². The Labute approximate surface area is 158 Å². The molecule has 0 saturated heterocycles. The molecule has 140 valence electrons. The van der Waals surface area contributed by atoms with Crippen molar-refractivity contribution in [2.75, 3.05) is 20.8 Å². The Morgan fingerprint density at radius 2 is 1.81 bits per heavy atom. The fraction of sp³-hybridized carbons (Fsp3) is 0.238. The summed E-state index contributed by atoms with van der Waals surface area (Å²) in [7, 11) is 3.24. The van der Waals surface area contributed by atoms with Crippen molar-refractivity contribution >= 4 is 5.91 Å². The summed E-state index contributed by atoms with van der Waals surface area (Å²) >= 11 is 0. The maximum absolute atomic E-state index is 12.7. The third-order valence-electron chi connectivity index (χ3n) is 4.28. The summed E-state index contributed by atoms with van der Waals surface area (Å²) in [5.74, 6) is 1.78. The molecule has 27 heavy (non-hydrogen) atoms. The van der Waals surface area contributed by atoms with Crippen LogP contribution in [0, 0.1) is 6.92 Å². The molecular formula is C21H22N2O4. The number of aromatic nitrogens is 1. The zero-order valence-electron chi connectivity index (χ0n) is 15.6. The molecule has 0 bridgehead atoms. The maximum Gasteiger partial charge on any atom is 0.257 e. The lowest BCUT2D eigenvalue weighted by Crippen LogP contribution is -2.26. The van der Waals surface area contributed by atoms with Gasteiger partial charge in [-0.25, -0.2) is 0 Å². The molecule has 0 radical (unpaired) electrons. The van der Waals surface area contributed by atoms with Crippen LogP contribution in [0.15, 0.2) is 53.1 Å². The van der Waals surface area contributed by atoms with Crippen LogP contribution in [-0.4, -0.2) is 31.8 Å². The molecule has 1 heterocycles. The molecule has 6 heteroatoms. The van der Waals surface area contributed by atoms with E-state index in [0.29, 0.717) is 30.0 Å². The van der Waals surface area contributed by atoms with Crippen LogP contribution < -0.4 is 14.8 Å². The highest BCUT2D eigenvalue weighted by atomic mass is 16.5. The van der Waals surface area contributed by atoms with E-state index in [9.17, 15) is 4.79 Å². The molecule has 1 aromatic heterocycles. The van der Waals surface area contributed by atoms with Crippen molar-refractivity contribution in [3.8, 4) is 22.8 Å². The van der Waals surface area contributed by atoms with Crippen molar-refractivity contribution < 1.29 is 18.8 Å². The number of carbonyl (C=O) groups excluding carboxylic acids is 1. The van der Waals surface area contributed by atoms with Crippen molar-refractivity contribution in [3.05, 3.63) is 65.4 Å². The third kappa shape index (κ3) is 4.28. The van der Waals surface area contributed by atoms with Crippen molar-refractivity contribution in [1.82, 2.24) is 10.5 Å². The van der Waals surface area contributed by atoms with Crippen LogP contribution in [0.5, 0.6) is 11.5 Å². The quantitative estimate of drug-likeness (QED) is 0.691. The fourth-order valence-corrected chi connectivity index (χ4v) is 2.81. The molecule has 1 amide bonds. The molecular weight excluding hydrogens is 344 g/mol. The highest BCUT2D eigenvalue weighted by molar-refractivity contribution is 6.00. The summed E-state index contributed by atoms with van der Waals surface area (Å²) in [5, 5.41) is 6.90. The highest BCUT2D eigenvalue weighted by Gasteiger charge is 2.21. The van der Waals surface area contributed by atoms with Gasteiger partial charge in [-0.05, 0) is 55.3 Å². The fourth-order valence-electron chi connectivity index (χ4n) is 2.81. The van der Waals surface area contributed by atoms with Crippen LogP contribution >= 0.6 is 0 Å². The smallest absolute Gasteiger partial charge is 0.257 e. The van der Waals surface area contributed by atoms with Gasteiger partial charge in [0.25, 0.3) is 5.91 Å². The molecule has 0 atom stereocenters. The number of hydrogen-bond donors (Lipinski definition) is 1.